The van der Waals surface area contributed by atoms with Crippen LogP contribution >= 0.6 is 23.2 Å². The molecule has 2 saturated carbocycles. The molecule has 0 spiro atoms. The number of rotatable bonds is 4. The van der Waals surface area contributed by atoms with Crippen molar-refractivity contribution in [1.29, 1.82) is 0 Å². The lowest BCUT2D eigenvalue weighted by molar-refractivity contribution is -0.123. The van der Waals surface area contributed by atoms with Crippen molar-refractivity contribution in [2.75, 3.05) is 10.2 Å². The first-order valence-corrected chi connectivity index (χ1v) is 12.5. The molecule has 3 aromatic rings. The van der Waals surface area contributed by atoms with Gasteiger partial charge in [-0.2, -0.15) is 0 Å². The number of anilines is 2. The Morgan fingerprint density at radius 2 is 1.60 bits per heavy atom. The summed E-state index contributed by atoms with van der Waals surface area (Å²) < 4.78 is 0. The molecule has 0 unspecified atom stereocenters. The van der Waals surface area contributed by atoms with Crippen molar-refractivity contribution in [1.82, 2.24) is 0 Å². The lowest BCUT2D eigenvalue weighted by atomic mass is 9.73. The van der Waals surface area contributed by atoms with E-state index in [0.717, 1.165) is 12.8 Å². The molecule has 176 valence electrons. The predicted molar refractivity (Wildman–Crippen MR) is 136 cm³/mol. The Morgan fingerprint density at radius 3 is 2.37 bits per heavy atom. The Balaban J connectivity index is 1.25. The minimum absolute atomic E-state index is 0.138. The van der Waals surface area contributed by atoms with Gasteiger partial charge in [0, 0.05) is 11.3 Å². The molecule has 1 N–H and O–H groups in total. The van der Waals surface area contributed by atoms with Gasteiger partial charge in [-0.1, -0.05) is 59.6 Å². The fourth-order valence-electron chi connectivity index (χ4n) is 6.36. The first-order chi connectivity index (χ1) is 16.9. The van der Waals surface area contributed by atoms with Crippen LogP contribution in [0.2, 0.25) is 10.0 Å². The zero-order chi connectivity index (χ0) is 24.3. The van der Waals surface area contributed by atoms with Gasteiger partial charge in [-0.05, 0) is 72.6 Å². The van der Waals surface area contributed by atoms with Crippen molar-refractivity contribution in [2.45, 2.75) is 18.8 Å². The number of hydrogen-bond acceptors (Lipinski definition) is 3. The van der Waals surface area contributed by atoms with Gasteiger partial charge in [0.25, 0.3) is 5.91 Å². The van der Waals surface area contributed by atoms with Crippen molar-refractivity contribution in [3.05, 3.63) is 94.0 Å². The number of imide groups is 1. The Bertz CT molecular complexity index is 1360. The molecule has 7 heteroatoms. The van der Waals surface area contributed by atoms with Crippen LogP contribution in [0.25, 0.3) is 0 Å². The van der Waals surface area contributed by atoms with E-state index in [2.05, 4.69) is 17.4 Å². The summed E-state index contributed by atoms with van der Waals surface area (Å²) in [6.07, 6.45) is 1.86. The first kappa shape index (κ1) is 22.3. The van der Waals surface area contributed by atoms with Crippen LogP contribution in [0, 0.1) is 23.7 Å². The number of nitrogens with one attached hydrogen (secondary N) is 1. The van der Waals surface area contributed by atoms with E-state index in [-0.39, 0.29) is 41.4 Å². The van der Waals surface area contributed by atoms with Gasteiger partial charge >= 0.3 is 0 Å². The fraction of sp³-hybridized carbons (Fsp3) is 0.250. The number of halogens is 2. The maximum absolute atomic E-state index is 13.6. The summed E-state index contributed by atoms with van der Waals surface area (Å²) in [4.78, 5) is 41.2. The minimum atomic E-state index is -0.367. The van der Waals surface area contributed by atoms with Gasteiger partial charge in [0.15, 0.2) is 0 Å². The van der Waals surface area contributed by atoms with Crippen LogP contribution in [0.15, 0.2) is 72.8 Å². The number of fused-ring (bicyclic) bond motifs is 5. The van der Waals surface area contributed by atoms with Gasteiger partial charge in [-0.15, -0.1) is 0 Å². The van der Waals surface area contributed by atoms with E-state index in [4.69, 9.17) is 23.2 Å². The third-order valence-electron chi connectivity index (χ3n) is 7.79. The van der Waals surface area contributed by atoms with Crippen molar-refractivity contribution >= 4 is 52.3 Å². The molecule has 3 amide bonds. The Hall–Kier alpha value is -3.15. The molecule has 6 rings (SSSR count). The second-order valence-electron chi connectivity index (χ2n) is 9.61. The van der Waals surface area contributed by atoms with Crippen LogP contribution in [0.5, 0.6) is 0 Å². The maximum atomic E-state index is 13.6. The fourth-order valence-corrected chi connectivity index (χ4v) is 6.66. The minimum Gasteiger partial charge on any atom is -0.322 e. The van der Waals surface area contributed by atoms with Crippen molar-refractivity contribution in [3.8, 4) is 0 Å². The molecule has 3 fully saturated rings. The molecule has 3 aromatic carbocycles. The summed E-state index contributed by atoms with van der Waals surface area (Å²) in [6, 6.07) is 21.8. The Morgan fingerprint density at radius 1 is 0.829 bits per heavy atom. The van der Waals surface area contributed by atoms with E-state index < -0.39 is 0 Å². The lowest BCUT2D eigenvalue weighted by Gasteiger charge is -2.28. The molecule has 2 bridgehead atoms. The molecule has 2 aliphatic carbocycles. The Labute approximate surface area is 213 Å². The zero-order valence-electron chi connectivity index (χ0n) is 18.7. The SMILES string of the molecule is O=C(Nc1ccc(Cl)c(Cl)c1)c1cccc(N2C(=O)[C@@H]3[C@@H]4C[C@H]([C@H]3C2=O)[C@H](c2ccccc2)C4)c1. The number of carbonyl (C=O) groups excluding carboxylic acids is 3. The number of carbonyl (C=O) groups is 3. The normalized spacial score (nSPS) is 26.8. The van der Waals surface area contributed by atoms with Gasteiger partial charge in [0.05, 0.1) is 27.6 Å². The van der Waals surface area contributed by atoms with E-state index in [0.29, 0.717) is 32.9 Å². The van der Waals surface area contributed by atoms with Crippen LogP contribution in [0.4, 0.5) is 11.4 Å². The lowest BCUT2D eigenvalue weighted by Crippen LogP contribution is -2.33. The van der Waals surface area contributed by atoms with Crippen LogP contribution in [-0.2, 0) is 9.59 Å². The highest BCUT2D eigenvalue weighted by Gasteiger charge is 2.64. The van der Waals surface area contributed by atoms with Crippen LogP contribution in [0.1, 0.15) is 34.7 Å². The molecule has 0 aromatic heterocycles. The van der Waals surface area contributed by atoms with E-state index in [1.807, 2.05) is 18.2 Å². The van der Waals surface area contributed by atoms with Crippen LogP contribution in [0.3, 0.4) is 0 Å². The van der Waals surface area contributed by atoms with Crippen LogP contribution < -0.4 is 10.2 Å². The number of nitrogens with zero attached hydrogens (tertiary/aromatic N) is 1. The van der Waals surface area contributed by atoms with E-state index in [9.17, 15) is 14.4 Å². The van der Waals surface area contributed by atoms with E-state index in [1.54, 1.807) is 42.5 Å². The zero-order valence-corrected chi connectivity index (χ0v) is 20.2. The highest BCUT2D eigenvalue weighted by molar-refractivity contribution is 6.42. The standard InChI is InChI=1S/C28H22Cl2N2O3/c29-22-10-9-18(14-23(22)30)31-26(33)16-7-4-8-19(11-16)32-27(34)24-17-12-20(15-5-2-1-3-6-15)21(13-17)25(24)28(32)35/h1-11,14,17,20-21,24-25H,12-13H2,(H,31,33)/t17-,20-,21-,24+,25+/m0/s1. The molecule has 5 atom stereocenters. The predicted octanol–water partition coefficient (Wildman–Crippen LogP) is 6.17. The van der Waals surface area contributed by atoms with Gasteiger partial charge in [-0.3, -0.25) is 19.3 Å². The topological polar surface area (TPSA) is 66.5 Å². The van der Waals surface area contributed by atoms with Crippen molar-refractivity contribution < 1.29 is 14.4 Å². The molecular formula is C28H22Cl2N2O3. The third-order valence-corrected chi connectivity index (χ3v) is 8.53. The first-order valence-electron chi connectivity index (χ1n) is 11.7. The van der Waals surface area contributed by atoms with Gasteiger partial charge in [-0.25, -0.2) is 0 Å². The molecule has 5 nitrogen and oxygen atoms in total. The highest BCUT2D eigenvalue weighted by atomic mass is 35.5. The van der Waals surface area contributed by atoms with Gasteiger partial charge in [0.1, 0.15) is 0 Å². The van der Waals surface area contributed by atoms with Crippen molar-refractivity contribution in [3.63, 3.8) is 0 Å². The summed E-state index contributed by atoms with van der Waals surface area (Å²) in [7, 11) is 0. The molecule has 0 radical (unpaired) electrons. The molecule has 1 saturated heterocycles. The number of hydrogen-bond donors (Lipinski definition) is 1. The molecule has 3 aliphatic rings. The third kappa shape index (κ3) is 3.65. The largest absolute Gasteiger partial charge is 0.322 e. The summed E-state index contributed by atoms with van der Waals surface area (Å²) in [5.41, 5.74) is 2.53. The molecular weight excluding hydrogens is 483 g/mol. The van der Waals surface area contributed by atoms with Gasteiger partial charge < -0.3 is 5.32 Å². The Kier molecular flexibility index (Phi) is 5.42. The molecule has 1 heterocycles. The summed E-state index contributed by atoms with van der Waals surface area (Å²) in [5, 5.41) is 3.51. The van der Waals surface area contributed by atoms with Crippen LogP contribution in [-0.4, -0.2) is 17.7 Å². The van der Waals surface area contributed by atoms with Crippen molar-refractivity contribution in [2.24, 2.45) is 23.7 Å². The smallest absolute Gasteiger partial charge is 0.255 e. The average Bonchev–Trinajstić information content (AvgIpc) is 3.53. The molecule has 1 aliphatic heterocycles. The molecule has 35 heavy (non-hydrogen) atoms. The van der Waals surface area contributed by atoms with E-state index >= 15 is 0 Å². The summed E-state index contributed by atoms with van der Waals surface area (Å²) in [6.45, 7) is 0. The quantitative estimate of drug-likeness (QED) is 0.431. The average molecular weight is 505 g/mol. The monoisotopic (exact) mass is 504 g/mol. The highest BCUT2D eigenvalue weighted by Crippen LogP contribution is 2.61. The second kappa shape index (κ2) is 8.51. The van der Waals surface area contributed by atoms with E-state index in [1.165, 1.54) is 10.5 Å². The van der Waals surface area contributed by atoms with Gasteiger partial charge in [0.2, 0.25) is 11.8 Å². The summed E-state index contributed by atoms with van der Waals surface area (Å²) >= 11 is 12.0. The second-order valence-corrected chi connectivity index (χ2v) is 10.4. The summed E-state index contributed by atoms with van der Waals surface area (Å²) in [5.74, 6) is -0.499. The number of benzene rings is 3. The maximum Gasteiger partial charge on any atom is 0.255 e. The number of amides is 3.